The number of carboxylic acid groups (broad SMARTS) is 1. The second-order valence-corrected chi connectivity index (χ2v) is 3.84. The van der Waals surface area contributed by atoms with Crippen LogP contribution in [0, 0.1) is 0 Å². The summed E-state index contributed by atoms with van der Waals surface area (Å²) in [7, 11) is 0. The van der Waals surface area contributed by atoms with Crippen molar-refractivity contribution in [3.8, 4) is 11.5 Å². The van der Waals surface area contributed by atoms with Gasteiger partial charge in [-0.15, -0.1) is 0 Å². The molecule has 0 aromatic heterocycles. The van der Waals surface area contributed by atoms with Gasteiger partial charge in [0.1, 0.15) is 0 Å². The fourth-order valence-electron chi connectivity index (χ4n) is 1.65. The van der Waals surface area contributed by atoms with E-state index in [1.807, 2.05) is 12.1 Å². The molecule has 1 heterocycles. The van der Waals surface area contributed by atoms with Crippen molar-refractivity contribution in [3.05, 3.63) is 23.3 Å². The summed E-state index contributed by atoms with van der Waals surface area (Å²) in [6, 6.07) is 3.71. The first-order valence-corrected chi connectivity index (χ1v) is 5.58. The van der Waals surface area contributed by atoms with Crippen molar-refractivity contribution in [2.24, 2.45) is 0 Å². The molecule has 0 fully saturated rings. The molecule has 0 unspecified atom stereocenters. The predicted octanol–water partition coefficient (Wildman–Crippen LogP) is 1.86. The summed E-state index contributed by atoms with van der Waals surface area (Å²) in [5, 5.41) is 8.66. The van der Waals surface area contributed by atoms with E-state index in [-0.39, 0.29) is 13.2 Å². The van der Waals surface area contributed by atoms with Gasteiger partial charge < -0.3 is 14.6 Å². The maximum atomic E-state index is 10.5. The topological polar surface area (TPSA) is 55.8 Å². The number of carbonyl (C=O) groups is 1. The lowest BCUT2D eigenvalue weighted by Crippen LogP contribution is -2.00. The number of hydrogen-bond donors (Lipinski definition) is 2. The summed E-state index contributed by atoms with van der Waals surface area (Å²) in [4.78, 5) is 10.5. The number of aryl methyl sites for hydroxylation is 1. The van der Waals surface area contributed by atoms with Gasteiger partial charge in [0.25, 0.3) is 0 Å². The largest absolute Gasteiger partial charge is 0.481 e. The number of hydrogen-bond acceptors (Lipinski definition) is 4. The Labute approximate surface area is 98.6 Å². The number of ether oxygens (including phenoxy) is 2. The first-order valence-electron chi connectivity index (χ1n) is 4.94. The number of thiol groups is 1. The van der Waals surface area contributed by atoms with Gasteiger partial charge in [0, 0.05) is 12.2 Å². The number of carboxylic acids is 1. The van der Waals surface area contributed by atoms with Crippen molar-refractivity contribution >= 4 is 18.6 Å². The highest BCUT2D eigenvalue weighted by Crippen LogP contribution is 2.35. The molecule has 1 aromatic rings. The third-order valence-electron chi connectivity index (χ3n) is 2.47. The fraction of sp³-hybridized carbons (Fsp3) is 0.364. The van der Waals surface area contributed by atoms with Crippen molar-refractivity contribution in [2.75, 3.05) is 6.79 Å². The van der Waals surface area contributed by atoms with Crippen molar-refractivity contribution < 1.29 is 19.4 Å². The minimum atomic E-state index is -0.803. The van der Waals surface area contributed by atoms with Gasteiger partial charge >= 0.3 is 5.97 Å². The van der Waals surface area contributed by atoms with E-state index >= 15 is 0 Å². The molecule has 16 heavy (non-hydrogen) atoms. The molecule has 0 aliphatic carbocycles. The summed E-state index contributed by atoms with van der Waals surface area (Å²) < 4.78 is 10.5. The van der Waals surface area contributed by atoms with Gasteiger partial charge in [-0.05, 0) is 29.7 Å². The van der Waals surface area contributed by atoms with Crippen LogP contribution in [0.3, 0.4) is 0 Å². The van der Waals surface area contributed by atoms with Crippen molar-refractivity contribution in [2.45, 2.75) is 18.6 Å². The molecule has 0 saturated carbocycles. The van der Waals surface area contributed by atoms with Crippen molar-refractivity contribution in [3.63, 3.8) is 0 Å². The molecule has 4 nitrogen and oxygen atoms in total. The van der Waals surface area contributed by atoms with Gasteiger partial charge in [-0.3, -0.25) is 4.79 Å². The Kier molecular flexibility index (Phi) is 3.24. The third kappa shape index (κ3) is 2.24. The lowest BCUT2D eigenvalue weighted by atomic mass is 10.0. The molecule has 1 N–H and O–H groups in total. The number of rotatable bonds is 4. The molecular formula is C11H12O4S. The van der Waals surface area contributed by atoms with E-state index in [0.29, 0.717) is 23.7 Å². The van der Waals surface area contributed by atoms with Crippen LogP contribution in [0.25, 0.3) is 0 Å². The summed E-state index contributed by atoms with van der Waals surface area (Å²) in [5.74, 6) is 1.16. The Morgan fingerprint density at radius 1 is 1.31 bits per heavy atom. The normalized spacial score (nSPS) is 12.8. The molecule has 1 aromatic carbocycles. The molecular weight excluding hydrogens is 228 g/mol. The first-order chi connectivity index (χ1) is 7.70. The minimum Gasteiger partial charge on any atom is -0.481 e. The smallest absolute Gasteiger partial charge is 0.303 e. The maximum absolute atomic E-state index is 10.5. The van der Waals surface area contributed by atoms with Crippen LogP contribution in [0.5, 0.6) is 11.5 Å². The highest BCUT2D eigenvalue weighted by Gasteiger charge is 2.16. The number of benzene rings is 1. The second-order valence-electron chi connectivity index (χ2n) is 3.53. The summed E-state index contributed by atoms with van der Waals surface area (Å²) in [6.07, 6.45) is 0.599. The lowest BCUT2D eigenvalue weighted by Gasteiger charge is -2.07. The fourth-order valence-corrected chi connectivity index (χ4v) is 1.94. The zero-order chi connectivity index (χ0) is 11.5. The molecule has 0 saturated heterocycles. The molecule has 5 heteroatoms. The van der Waals surface area contributed by atoms with Crippen molar-refractivity contribution in [1.29, 1.82) is 0 Å². The average Bonchev–Trinajstić information content (AvgIpc) is 2.71. The number of aliphatic carboxylic acids is 1. The van der Waals surface area contributed by atoms with E-state index in [2.05, 4.69) is 12.6 Å². The molecule has 1 aliphatic heterocycles. The van der Waals surface area contributed by atoms with E-state index < -0.39 is 5.97 Å². The molecule has 0 bridgehead atoms. The van der Waals surface area contributed by atoms with Crippen LogP contribution in [-0.4, -0.2) is 17.9 Å². The Morgan fingerprint density at radius 3 is 2.50 bits per heavy atom. The van der Waals surface area contributed by atoms with Crippen molar-refractivity contribution in [1.82, 2.24) is 0 Å². The van der Waals surface area contributed by atoms with Crippen LogP contribution in [-0.2, 0) is 17.0 Å². The standard InChI is InChI=1S/C11H12O4S/c12-11(13)2-1-7-3-9-10(15-6-14-9)4-8(7)5-16/h3-4,16H,1-2,5-6H2,(H,12,13). The molecule has 0 atom stereocenters. The van der Waals surface area contributed by atoms with Crippen LogP contribution in [0.1, 0.15) is 17.5 Å². The average molecular weight is 240 g/mol. The summed E-state index contributed by atoms with van der Waals surface area (Å²) in [6.45, 7) is 0.226. The van der Waals surface area contributed by atoms with Gasteiger partial charge in [-0.25, -0.2) is 0 Å². The maximum Gasteiger partial charge on any atom is 0.303 e. The van der Waals surface area contributed by atoms with Crippen LogP contribution in [0.15, 0.2) is 12.1 Å². The van der Waals surface area contributed by atoms with E-state index in [4.69, 9.17) is 14.6 Å². The zero-order valence-electron chi connectivity index (χ0n) is 8.60. The predicted molar refractivity (Wildman–Crippen MR) is 61.2 cm³/mol. The highest BCUT2D eigenvalue weighted by molar-refractivity contribution is 7.79. The van der Waals surface area contributed by atoms with Crippen LogP contribution >= 0.6 is 12.6 Å². The molecule has 2 rings (SSSR count). The Hall–Kier alpha value is -1.36. The van der Waals surface area contributed by atoms with Crippen LogP contribution in [0.4, 0.5) is 0 Å². The van der Waals surface area contributed by atoms with E-state index in [9.17, 15) is 4.79 Å². The molecule has 0 amide bonds. The van der Waals surface area contributed by atoms with E-state index in [0.717, 1.165) is 11.1 Å². The van der Waals surface area contributed by atoms with Gasteiger partial charge in [0.2, 0.25) is 6.79 Å². The van der Waals surface area contributed by atoms with E-state index in [1.54, 1.807) is 0 Å². The Bertz CT molecular complexity index is 417. The molecule has 86 valence electrons. The summed E-state index contributed by atoms with van der Waals surface area (Å²) >= 11 is 4.22. The van der Waals surface area contributed by atoms with Gasteiger partial charge in [-0.2, -0.15) is 12.6 Å². The zero-order valence-corrected chi connectivity index (χ0v) is 9.50. The SMILES string of the molecule is O=C(O)CCc1cc2c(cc1CS)OCO2. The first kappa shape index (κ1) is 11.1. The monoisotopic (exact) mass is 240 g/mol. The Balaban J connectivity index is 2.25. The van der Waals surface area contributed by atoms with Crippen LogP contribution in [0.2, 0.25) is 0 Å². The minimum absolute atomic E-state index is 0.112. The molecule has 0 radical (unpaired) electrons. The van der Waals surface area contributed by atoms with E-state index in [1.165, 1.54) is 0 Å². The van der Waals surface area contributed by atoms with Gasteiger partial charge in [-0.1, -0.05) is 0 Å². The third-order valence-corrected chi connectivity index (χ3v) is 2.81. The van der Waals surface area contributed by atoms with Crippen LogP contribution < -0.4 is 9.47 Å². The highest BCUT2D eigenvalue weighted by atomic mass is 32.1. The quantitative estimate of drug-likeness (QED) is 0.789. The second kappa shape index (κ2) is 4.65. The molecule has 1 aliphatic rings. The molecule has 0 spiro atoms. The Morgan fingerprint density at radius 2 is 1.94 bits per heavy atom. The lowest BCUT2D eigenvalue weighted by molar-refractivity contribution is -0.136. The summed E-state index contributed by atoms with van der Waals surface area (Å²) in [5.41, 5.74) is 1.95. The van der Waals surface area contributed by atoms with Gasteiger partial charge in [0.15, 0.2) is 11.5 Å². The number of fused-ring (bicyclic) bond motifs is 1. The van der Waals surface area contributed by atoms with Gasteiger partial charge in [0.05, 0.1) is 0 Å².